The van der Waals surface area contributed by atoms with Crippen LogP contribution < -0.4 is 0 Å². The summed E-state index contributed by atoms with van der Waals surface area (Å²) in [7, 11) is 0. The van der Waals surface area contributed by atoms with Gasteiger partial charge in [0.1, 0.15) is 0 Å². The zero-order valence-electron chi connectivity index (χ0n) is 7.20. The highest BCUT2D eigenvalue weighted by Gasteiger charge is 2.11. The Morgan fingerprint density at radius 1 is 1.23 bits per heavy atom. The Kier molecular flexibility index (Phi) is 2.46. The summed E-state index contributed by atoms with van der Waals surface area (Å²) in [4.78, 5) is 4.40. The summed E-state index contributed by atoms with van der Waals surface area (Å²) >= 11 is 5.80. The number of rotatable bonds is 2. The van der Waals surface area contributed by atoms with Crippen LogP contribution in [-0.4, -0.2) is 18.1 Å². The fraction of sp³-hybridized carbons (Fsp3) is 0.182. The van der Waals surface area contributed by atoms with Crippen LogP contribution in [0, 0.1) is 0 Å². The van der Waals surface area contributed by atoms with E-state index in [1.807, 2.05) is 18.2 Å². The van der Waals surface area contributed by atoms with E-state index in [0.29, 0.717) is 5.88 Å². The molecule has 1 aliphatic heterocycles. The fourth-order valence-corrected chi connectivity index (χ4v) is 1.67. The minimum absolute atomic E-state index is 0.549. The number of halogens is 1. The summed E-state index contributed by atoms with van der Waals surface area (Å²) in [6.45, 7) is 0.770. The number of allylic oxidation sites excluding steroid dienone is 1. The van der Waals surface area contributed by atoms with E-state index in [4.69, 9.17) is 11.6 Å². The quantitative estimate of drug-likeness (QED) is 0.638. The second kappa shape index (κ2) is 3.75. The van der Waals surface area contributed by atoms with Crippen molar-refractivity contribution in [1.82, 2.24) is 0 Å². The lowest BCUT2D eigenvalue weighted by atomic mass is 10.1. The van der Waals surface area contributed by atoms with Gasteiger partial charge in [-0.05, 0) is 11.1 Å². The van der Waals surface area contributed by atoms with E-state index < -0.39 is 0 Å². The molecule has 0 unspecified atom stereocenters. The van der Waals surface area contributed by atoms with Gasteiger partial charge in [-0.2, -0.15) is 0 Å². The first-order valence-electron chi connectivity index (χ1n) is 4.27. The number of hydrogen-bond donors (Lipinski definition) is 0. The third-order valence-corrected chi connectivity index (χ3v) is 2.37. The molecule has 0 saturated carbocycles. The van der Waals surface area contributed by atoms with Crippen LogP contribution in [0.5, 0.6) is 0 Å². The molecule has 0 bridgehead atoms. The zero-order chi connectivity index (χ0) is 9.10. The SMILES string of the molecule is ClCC1=CCN=C1c1ccccc1. The van der Waals surface area contributed by atoms with Gasteiger partial charge in [-0.3, -0.25) is 4.99 Å². The van der Waals surface area contributed by atoms with Gasteiger partial charge in [0, 0.05) is 5.88 Å². The van der Waals surface area contributed by atoms with Gasteiger partial charge in [-0.1, -0.05) is 36.4 Å². The summed E-state index contributed by atoms with van der Waals surface area (Å²) in [5.41, 5.74) is 3.36. The van der Waals surface area contributed by atoms with Crippen molar-refractivity contribution in [1.29, 1.82) is 0 Å². The van der Waals surface area contributed by atoms with Gasteiger partial charge in [0.2, 0.25) is 0 Å². The van der Waals surface area contributed by atoms with E-state index in [2.05, 4.69) is 23.2 Å². The Bertz CT molecular complexity index is 352. The molecule has 2 heteroatoms. The van der Waals surface area contributed by atoms with Crippen molar-refractivity contribution in [3.63, 3.8) is 0 Å². The van der Waals surface area contributed by atoms with Crippen LogP contribution in [0.1, 0.15) is 5.56 Å². The first kappa shape index (κ1) is 8.52. The number of aliphatic imine (C=N–C) groups is 1. The molecule has 1 aliphatic rings. The van der Waals surface area contributed by atoms with Crippen molar-refractivity contribution in [2.75, 3.05) is 12.4 Å². The Labute approximate surface area is 82.8 Å². The van der Waals surface area contributed by atoms with Crippen LogP contribution in [0.25, 0.3) is 0 Å². The second-order valence-corrected chi connectivity index (χ2v) is 3.19. The lowest BCUT2D eigenvalue weighted by molar-refractivity contribution is 1.28. The highest BCUT2D eigenvalue weighted by Crippen LogP contribution is 2.15. The van der Waals surface area contributed by atoms with Gasteiger partial charge < -0.3 is 0 Å². The molecule has 0 fully saturated rings. The predicted octanol–water partition coefficient (Wildman–Crippen LogP) is 2.65. The minimum Gasteiger partial charge on any atom is -0.280 e. The standard InChI is InChI=1S/C11H10ClN/c12-8-10-6-7-13-11(10)9-4-2-1-3-5-9/h1-6H,7-8H2. The third-order valence-electron chi connectivity index (χ3n) is 2.08. The van der Waals surface area contributed by atoms with Crippen LogP contribution in [0.2, 0.25) is 0 Å². The molecule has 0 N–H and O–H groups in total. The van der Waals surface area contributed by atoms with Crippen LogP contribution in [-0.2, 0) is 0 Å². The van der Waals surface area contributed by atoms with Crippen LogP contribution in [0.15, 0.2) is 47.0 Å². The average molecular weight is 192 g/mol. The van der Waals surface area contributed by atoms with Gasteiger partial charge in [-0.25, -0.2) is 0 Å². The maximum atomic E-state index is 5.80. The molecule has 0 atom stereocenters. The second-order valence-electron chi connectivity index (χ2n) is 2.92. The van der Waals surface area contributed by atoms with Crippen LogP contribution in [0.4, 0.5) is 0 Å². The highest BCUT2D eigenvalue weighted by atomic mass is 35.5. The van der Waals surface area contributed by atoms with Gasteiger partial charge in [0.05, 0.1) is 12.3 Å². The Balaban J connectivity index is 2.33. The molecule has 1 aromatic carbocycles. The normalized spacial score (nSPS) is 15.5. The number of nitrogens with zero attached hydrogens (tertiary/aromatic N) is 1. The van der Waals surface area contributed by atoms with Crippen molar-refractivity contribution in [3.05, 3.63) is 47.5 Å². The van der Waals surface area contributed by atoms with Gasteiger partial charge in [-0.15, -0.1) is 11.6 Å². The monoisotopic (exact) mass is 191 g/mol. The van der Waals surface area contributed by atoms with E-state index in [1.165, 1.54) is 0 Å². The van der Waals surface area contributed by atoms with E-state index in [0.717, 1.165) is 23.4 Å². The molecular formula is C11H10ClN. The maximum absolute atomic E-state index is 5.80. The summed E-state index contributed by atoms with van der Waals surface area (Å²) in [6, 6.07) is 10.2. The molecule has 13 heavy (non-hydrogen) atoms. The lowest BCUT2D eigenvalue weighted by Crippen LogP contribution is -2.02. The van der Waals surface area contributed by atoms with Gasteiger partial charge in [0.15, 0.2) is 0 Å². The molecular weight excluding hydrogens is 182 g/mol. The summed E-state index contributed by atoms with van der Waals surface area (Å²) < 4.78 is 0. The molecule has 2 rings (SSSR count). The topological polar surface area (TPSA) is 12.4 Å². The van der Waals surface area contributed by atoms with Gasteiger partial charge >= 0.3 is 0 Å². The molecule has 0 saturated heterocycles. The largest absolute Gasteiger partial charge is 0.280 e. The number of hydrogen-bond acceptors (Lipinski definition) is 1. The van der Waals surface area contributed by atoms with Crippen molar-refractivity contribution in [2.24, 2.45) is 4.99 Å². The molecule has 66 valence electrons. The van der Waals surface area contributed by atoms with Crippen molar-refractivity contribution < 1.29 is 0 Å². The average Bonchev–Trinajstić information content (AvgIpc) is 2.67. The third kappa shape index (κ3) is 1.65. The molecule has 0 spiro atoms. The Morgan fingerprint density at radius 2 is 2.00 bits per heavy atom. The van der Waals surface area contributed by atoms with E-state index in [1.54, 1.807) is 0 Å². The lowest BCUT2D eigenvalue weighted by Gasteiger charge is -2.02. The summed E-state index contributed by atoms with van der Waals surface area (Å²) in [5, 5.41) is 0. The number of alkyl halides is 1. The summed E-state index contributed by atoms with van der Waals surface area (Å²) in [5.74, 6) is 0.549. The first-order valence-corrected chi connectivity index (χ1v) is 4.80. The molecule has 0 aromatic heterocycles. The molecule has 0 amide bonds. The van der Waals surface area contributed by atoms with Gasteiger partial charge in [0.25, 0.3) is 0 Å². The fourth-order valence-electron chi connectivity index (χ4n) is 1.44. The molecule has 1 aromatic rings. The molecule has 1 heterocycles. The predicted molar refractivity (Wildman–Crippen MR) is 56.6 cm³/mol. The zero-order valence-corrected chi connectivity index (χ0v) is 7.96. The minimum atomic E-state index is 0.549. The highest BCUT2D eigenvalue weighted by molar-refractivity contribution is 6.26. The van der Waals surface area contributed by atoms with E-state index in [-0.39, 0.29) is 0 Å². The maximum Gasteiger partial charge on any atom is 0.0692 e. The van der Waals surface area contributed by atoms with E-state index in [9.17, 15) is 0 Å². The van der Waals surface area contributed by atoms with Crippen molar-refractivity contribution in [2.45, 2.75) is 0 Å². The molecule has 0 aliphatic carbocycles. The molecule has 0 radical (unpaired) electrons. The Hall–Kier alpha value is -1.08. The van der Waals surface area contributed by atoms with Crippen molar-refractivity contribution >= 4 is 17.3 Å². The summed E-state index contributed by atoms with van der Waals surface area (Å²) in [6.07, 6.45) is 2.08. The molecule has 1 nitrogen and oxygen atoms in total. The smallest absolute Gasteiger partial charge is 0.0692 e. The Morgan fingerprint density at radius 3 is 2.69 bits per heavy atom. The van der Waals surface area contributed by atoms with Crippen LogP contribution >= 0.6 is 11.6 Å². The van der Waals surface area contributed by atoms with Crippen molar-refractivity contribution in [3.8, 4) is 0 Å². The number of benzene rings is 1. The van der Waals surface area contributed by atoms with Crippen LogP contribution in [0.3, 0.4) is 0 Å². The van der Waals surface area contributed by atoms with E-state index >= 15 is 0 Å². The first-order chi connectivity index (χ1) is 6.42.